The molecule has 1 aromatic rings. The molecule has 134 valence electrons. The van der Waals surface area contributed by atoms with Gasteiger partial charge in [-0.3, -0.25) is 14.9 Å². The first-order valence-electron chi connectivity index (χ1n) is 8.89. The maximum absolute atomic E-state index is 12.6. The maximum Gasteiger partial charge on any atom is 0.249 e. The van der Waals surface area contributed by atoms with E-state index in [1.54, 1.807) is 4.90 Å². The Hall–Kier alpha value is -2.41. The van der Waals surface area contributed by atoms with Crippen molar-refractivity contribution in [2.45, 2.75) is 26.3 Å². The molecule has 0 spiro atoms. The lowest BCUT2D eigenvalue weighted by Gasteiger charge is -2.35. The number of benzene rings is 1. The van der Waals surface area contributed by atoms with E-state index in [-0.39, 0.29) is 18.2 Å². The lowest BCUT2D eigenvalue weighted by Crippen LogP contribution is -3.14. The van der Waals surface area contributed by atoms with E-state index in [1.165, 1.54) is 0 Å². The number of likely N-dealkylation sites (N-methyl/N-ethyl adjacent to an activating group) is 1. The molecule has 2 aliphatic rings. The predicted octanol–water partition coefficient (Wildman–Crippen LogP) is -0.602. The van der Waals surface area contributed by atoms with E-state index < -0.39 is 6.04 Å². The van der Waals surface area contributed by atoms with Crippen LogP contribution < -0.4 is 15.5 Å². The van der Waals surface area contributed by atoms with E-state index in [2.05, 4.69) is 27.4 Å². The molecule has 2 aliphatic heterocycles. The molecule has 2 amide bonds. The number of rotatable bonds is 3. The Morgan fingerprint density at radius 3 is 2.76 bits per heavy atom. The lowest BCUT2D eigenvalue weighted by molar-refractivity contribution is -0.902. The lowest BCUT2D eigenvalue weighted by atomic mass is 10.1. The van der Waals surface area contributed by atoms with Gasteiger partial charge in [0.15, 0.2) is 0 Å². The van der Waals surface area contributed by atoms with Gasteiger partial charge in [-0.15, -0.1) is 0 Å². The van der Waals surface area contributed by atoms with E-state index in [4.69, 9.17) is 0 Å². The number of piperazine rings is 1. The molecular weight excluding hydrogens is 318 g/mol. The number of para-hydroxylation sites is 1. The van der Waals surface area contributed by atoms with Crippen molar-refractivity contribution >= 4 is 23.5 Å². The van der Waals surface area contributed by atoms with Gasteiger partial charge in [0, 0.05) is 5.69 Å². The molecule has 0 unspecified atom stereocenters. The van der Waals surface area contributed by atoms with Gasteiger partial charge < -0.3 is 15.1 Å². The van der Waals surface area contributed by atoms with Gasteiger partial charge >= 0.3 is 0 Å². The van der Waals surface area contributed by atoms with Crippen LogP contribution in [0.2, 0.25) is 0 Å². The Morgan fingerprint density at radius 1 is 1.36 bits per heavy atom. The number of aryl methyl sites for hydroxylation is 1. The molecule has 0 radical (unpaired) electrons. The van der Waals surface area contributed by atoms with Crippen LogP contribution in [0.3, 0.4) is 0 Å². The van der Waals surface area contributed by atoms with Gasteiger partial charge in [-0.2, -0.15) is 0 Å². The van der Waals surface area contributed by atoms with E-state index in [0.29, 0.717) is 5.96 Å². The third-order valence-electron chi connectivity index (χ3n) is 4.88. The third kappa shape index (κ3) is 4.17. The molecule has 1 fully saturated rings. The average Bonchev–Trinajstić information content (AvgIpc) is 2.63. The fourth-order valence-electron chi connectivity index (χ4n) is 3.21. The van der Waals surface area contributed by atoms with Crippen molar-refractivity contribution in [1.82, 2.24) is 10.2 Å². The van der Waals surface area contributed by atoms with Gasteiger partial charge in [-0.1, -0.05) is 18.2 Å². The zero-order valence-corrected chi connectivity index (χ0v) is 14.8. The molecule has 0 aliphatic carbocycles. The van der Waals surface area contributed by atoms with Crippen LogP contribution in [0.25, 0.3) is 0 Å². The van der Waals surface area contributed by atoms with Crippen LogP contribution in [-0.2, 0) is 9.59 Å². The summed E-state index contributed by atoms with van der Waals surface area (Å²) in [6, 6.07) is 6.91. The minimum atomic E-state index is -0.681. The Labute approximate surface area is 148 Å². The van der Waals surface area contributed by atoms with Crippen molar-refractivity contribution < 1.29 is 14.5 Å². The van der Waals surface area contributed by atoms with E-state index >= 15 is 0 Å². The molecule has 1 saturated heterocycles. The fourth-order valence-corrected chi connectivity index (χ4v) is 3.21. The molecule has 0 bridgehead atoms. The number of anilines is 1. The summed E-state index contributed by atoms with van der Waals surface area (Å²) in [6.45, 7) is 8.94. The van der Waals surface area contributed by atoms with Gasteiger partial charge in [0.25, 0.3) is 0 Å². The molecule has 2 heterocycles. The fraction of sp³-hybridized carbons (Fsp3) is 0.500. The molecule has 7 nitrogen and oxygen atoms in total. The number of carbonyl (C=O) groups is 2. The first kappa shape index (κ1) is 17.4. The van der Waals surface area contributed by atoms with Crippen molar-refractivity contribution in [3.63, 3.8) is 0 Å². The van der Waals surface area contributed by atoms with E-state index in [1.807, 2.05) is 31.2 Å². The molecule has 0 aromatic heterocycles. The summed E-state index contributed by atoms with van der Waals surface area (Å²) in [7, 11) is 0. The highest BCUT2D eigenvalue weighted by Crippen LogP contribution is 2.15. The number of hydrogen-bond acceptors (Lipinski definition) is 4. The molecule has 0 saturated carbocycles. The number of quaternary nitrogens is 1. The largest absolute Gasteiger partial charge is 0.332 e. The number of amides is 2. The van der Waals surface area contributed by atoms with Crippen LogP contribution in [0.5, 0.6) is 0 Å². The molecule has 3 N–H and O–H groups in total. The number of nitrogens with one attached hydrogen (secondary N) is 3. The number of carbonyl (C=O) groups excluding carboxylic acids is 2. The Bertz CT molecular complexity index is 680. The number of hydrogen-bond donors (Lipinski definition) is 3. The van der Waals surface area contributed by atoms with Crippen molar-refractivity contribution in [3.8, 4) is 0 Å². The van der Waals surface area contributed by atoms with Gasteiger partial charge in [0.05, 0.1) is 39.1 Å². The first-order valence-corrected chi connectivity index (χ1v) is 8.89. The molecule has 3 rings (SSSR count). The topological polar surface area (TPSA) is 78.2 Å². The van der Waals surface area contributed by atoms with Crippen LogP contribution in [-0.4, -0.2) is 61.4 Å². The van der Waals surface area contributed by atoms with Crippen LogP contribution in [0, 0.1) is 6.92 Å². The molecule has 1 aromatic carbocycles. The third-order valence-corrected chi connectivity index (χ3v) is 4.88. The van der Waals surface area contributed by atoms with Crippen LogP contribution in [0.4, 0.5) is 5.69 Å². The molecule has 25 heavy (non-hydrogen) atoms. The van der Waals surface area contributed by atoms with Gasteiger partial charge in [-0.25, -0.2) is 4.99 Å². The van der Waals surface area contributed by atoms with Crippen molar-refractivity contribution in [1.29, 1.82) is 0 Å². The monoisotopic (exact) mass is 344 g/mol. The summed E-state index contributed by atoms with van der Waals surface area (Å²) in [5, 5.41) is 5.72. The smallest absolute Gasteiger partial charge is 0.249 e. The minimum absolute atomic E-state index is 0.0847. The van der Waals surface area contributed by atoms with Crippen molar-refractivity contribution in [3.05, 3.63) is 29.8 Å². The summed E-state index contributed by atoms with van der Waals surface area (Å²) in [6.07, 6.45) is 0.0847. The Balaban J connectivity index is 1.69. The zero-order chi connectivity index (χ0) is 17.8. The summed E-state index contributed by atoms with van der Waals surface area (Å²) < 4.78 is 0. The highest BCUT2D eigenvalue weighted by Gasteiger charge is 2.31. The SMILES string of the molecule is CC[NH+]1CCN(C2=N[C@@H](C(=O)Nc3ccccc3C)CC(=O)N2)CC1. The quantitative estimate of drug-likeness (QED) is 0.685. The molecule has 1 atom stereocenters. The second-order valence-electron chi connectivity index (χ2n) is 6.62. The number of aliphatic imine (C=N–C) groups is 1. The van der Waals surface area contributed by atoms with Gasteiger partial charge in [0.1, 0.15) is 6.04 Å². The normalized spacial score (nSPS) is 21.5. The minimum Gasteiger partial charge on any atom is -0.332 e. The van der Waals surface area contributed by atoms with Crippen molar-refractivity contribution in [2.75, 3.05) is 38.0 Å². The predicted molar refractivity (Wildman–Crippen MR) is 96.6 cm³/mol. The maximum atomic E-state index is 12.6. The van der Waals surface area contributed by atoms with Crippen LogP contribution in [0.15, 0.2) is 29.3 Å². The standard InChI is InChI=1S/C18H25N5O2/c1-3-22-8-10-23(11-9-22)18-20-15(12-16(24)21-18)17(25)19-14-7-5-4-6-13(14)2/h4-7,15H,3,8-12H2,1-2H3,(H,19,25)(H,20,21,24)/p+1/t15-/m1/s1. The summed E-state index contributed by atoms with van der Waals surface area (Å²) >= 11 is 0. The molecule has 7 heteroatoms. The second kappa shape index (κ2) is 7.65. The Morgan fingerprint density at radius 2 is 2.08 bits per heavy atom. The number of guanidine groups is 1. The van der Waals surface area contributed by atoms with Crippen molar-refractivity contribution in [2.24, 2.45) is 4.99 Å². The van der Waals surface area contributed by atoms with Crippen LogP contribution in [0.1, 0.15) is 18.9 Å². The Kier molecular flexibility index (Phi) is 5.33. The van der Waals surface area contributed by atoms with E-state index in [9.17, 15) is 9.59 Å². The van der Waals surface area contributed by atoms with Crippen LogP contribution >= 0.6 is 0 Å². The molecular formula is C18H26N5O2+. The highest BCUT2D eigenvalue weighted by atomic mass is 16.2. The second-order valence-corrected chi connectivity index (χ2v) is 6.62. The number of nitrogens with zero attached hydrogens (tertiary/aromatic N) is 2. The summed E-state index contributed by atoms with van der Waals surface area (Å²) in [4.78, 5) is 32.8. The summed E-state index contributed by atoms with van der Waals surface area (Å²) in [5.41, 5.74) is 1.74. The summed E-state index contributed by atoms with van der Waals surface area (Å²) in [5.74, 6) is 0.149. The average molecular weight is 344 g/mol. The first-order chi connectivity index (χ1) is 12.1. The highest BCUT2D eigenvalue weighted by molar-refractivity contribution is 6.06. The van der Waals surface area contributed by atoms with E-state index in [0.717, 1.165) is 44.0 Å². The van der Waals surface area contributed by atoms with Gasteiger partial charge in [0.2, 0.25) is 17.8 Å². The van der Waals surface area contributed by atoms with Gasteiger partial charge in [-0.05, 0) is 25.5 Å². The zero-order valence-electron chi connectivity index (χ0n) is 14.8.